The third-order valence-electron chi connectivity index (χ3n) is 2.74. The summed E-state index contributed by atoms with van der Waals surface area (Å²) in [7, 11) is 0. The van der Waals surface area contributed by atoms with Crippen molar-refractivity contribution in [1.29, 1.82) is 0 Å². The van der Waals surface area contributed by atoms with Crippen molar-refractivity contribution in [3.63, 3.8) is 0 Å². The SMILES string of the molecule is Cc1cccc(/C=C/C(=O)OCC(=O)NC2CC2)c1. The molecule has 2 rings (SSSR count). The fourth-order valence-corrected chi connectivity index (χ4v) is 1.62. The van der Waals surface area contributed by atoms with Crippen molar-refractivity contribution in [2.75, 3.05) is 6.61 Å². The lowest BCUT2D eigenvalue weighted by Crippen LogP contribution is -2.30. The predicted octanol–water partition coefficient (Wildman–Crippen LogP) is 1.83. The van der Waals surface area contributed by atoms with Crippen LogP contribution < -0.4 is 5.32 Å². The molecule has 0 heterocycles. The second-order valence-corrected chi connectivity index (χ2v) is 4.70. The van der Waals surface area contributed by atoms with Crippen molar-refractivity contribution < 1.29 is 14.3 Å². The summed E-state index contributed by atoms with van der Waals surface area (Å²) in [5.41, 5.74) is 2.05. The first-order valence-electron chi connectivity index (χ1n) is 6.34. The van der Waals surface area contributed by atoms with Crippen LogP contribution in [0.15, 0.2) is 30.3 Å². The minimum atomic E-state index is -0.507. The number of carbonyl (C=O) groups is 2. The first-order chi connectivity index (χ1) is 9.13. The molecule has 19 heavy (non-hydrogen) atoms. The molecular weight excluding hydrogens is 242 g/mol. The normalized spacial score (nSPS) is 14.4. The zero-order valence-corrected chi connectivity index (χ0v) is 10.9. The van der Waals surface area contributed by atoms with E-state index < -0.39 is 5.97 Å². The Morgan fingerprint density at radius 3 is 2.89 bits per heavy atom. The lowest BCUT2D eigenvalue weighted by molar-refractivity contribution is -0.143. The molecule has 0 unspecified atom stereocenters. The number of hydrogen-bond donors (Lipinski definition) is 1. The van der Waals surface area contributed by atoms with Crippen LogP contribution in [0.5, 0.6) is 0 Å². The van der Waals surface area contributed by atoms with Gasteiger partial charge in [-0.3, -0.25) is 4.79 Å². The smallest absolute Gasteiger partial charge is 0.331 e. The van der Waals surface area contributed by atoms with Gasteiger partial charge in [0, 0.05) is 12.1 Å². The molecule has 1 aromatic rings. The fraction of sp³-hybridized carbons (Fsp3) is 0.333. The summed E-state index contributed by atoms with van der Waals surface area (Å²) < 4.78 is 4.85. The number of ether oxygens (including phenoxy) is 1. The van der Waals surface area contributed by atoms with Gasteiger partial charge in [-0.1, -0.05) is 29.8 Å². The number of amides is 1. The molecule has 0 spiro atoms. The van der Waals surface area contributed by atoms with E-state index in [1.54, 1.807) is 6.08 Å². The maximum Gasteiger partial charge on any atom is 0.331 e. The van der Waals surface area contributed by atoms with E-state index in [2.05, 4.69) is 5.32 Å². The van der Waals surface area contributed by atoms with Gasteiger partial charge in [0.15, 0.2) is 6.61 Å². The highest BCUT2D eigenvalue weighted by molar-refractivity contribution is 5.89. The largest absolute Gasteiger partial charge is 0.452 e. The summed E-state index contributed by atoms with van der Waals surface area (Å²) in [6.07, 6.45) is 5.05. The first kappa shape index (κ1) is 13.3. The van der Waals surface area contributed by atoms with Crippen molar-refractivity contribution in [2.24, 2.45) is 0 Å². The quantitative estimate of drug-likeness (QED) is 0.648. The van der Waals surface area contributed by atoms with Crippen LogP contribution in [0.25, 0.3) is 6.08 Å². The maximum atomic E-state index is 11.4. The predicted molar refractivity (Wildman–Crippen MR) is 72.3 cm³/mol. The van der Waals surface area contributed by atoms with Gasteiger partial charge in [0.2, 0.25) is 0 Å². The minimum absolute atomic E-state index is 0.215. The standard InChI is InChI=1S/C15H17NO3/c1-11-3-2-4-12(9-11)5-8-15(18)19-10-14(17)16-13-6-7-13/h2-5,8-9,13H,6-7,10H2,1H3,(H,16,17)/b8-5+. The van der Waals surface area contributed by atoms with Gasteiger partial charge in [0.1, 0.15) is 0 Å². The fourth-order valence-electron chi connectivity index (χ4n) is 1.62. The van der Waals surface area contributed by atoms with Crippen molar-refractivity contribution in [2.45, 2.75) is 25.8 Å². The second kappa shape index (κ2) is 6.18. The molecule has 0 radical (unpaired) electrons. The van der Waals surface area contributed by atoms with Crippen LogP contribution in [0.4, 0.5) is 0 Å². The molecule has 1 aliphatic rings. The molecule has 0 bridgehead atoms. The summed E-state index contributed by atoms with van der Waals surface area (Å²) in [6, 6.07) is 8.05. The lowest BCUT2D eigenvalue weighted by Gasteiger charge is -2.03. The van der Waals surface area contributed by atoms with Crippen molar-refractivity contribution in [3.05, 3.63) is 41.5 Å². The van der Waals surface area contributed by atoms with Crippen molar-refractivity contribution in [1.82, 2.24) is 5.32 Å². The Morgan fingerprint density at radius 1 is 1.42 bits per heavy atom. The van der Waals surface area contributed by atoms with Crippen LogP contribution in [0.1, 0.15) is 24.0 Å². The van der Waals surface area contributed by atoms with Gasteiger partial charge in [-0.05, 0) is 31.4 Å². The zero-order chi connectivity index (χ0) is 13.7. The maximum absolute atomic E-state index is 11.4. The van der Waals surface area contributed by atoms with Crippen LogP contribution in [-0.2, 0) is 14.3 Å². The molecule has 0 aromatic heterocycles. The molecule has 1 aromatic carbocycles. The molecule has 1 N–H and O–H groups in total. The topological polar surface area (TPSA) is 55.4 Å². The summed E-state index contributed by atoms with van der Waals surface area (Å²) >= 11 is 0. The van der Waals surface area contributed by atoms with Gasteiger partial charge in [-0.25, -0.2) is 4.79 Å². The van der Waals surface area contributed by atoms with Gasteiger partial charge >= 0.3 is 5.97 Å². The molecule has 0 saturated heterocycles. The molecule has 0 atom stereocenters. The number of esters is 1. The summed E-state index contributed by atoms with van der Waals surface area (Å²) in [6.45, 7) is 1.77. The molecule has 1 amide bonds. The van der Waals surface area contributed by atoms with E-state index in [1.165, 1.54) is 6.08 Å². The zero-order valence-electron chi connectivity index (χ0n) is 10.9. The average molecular weight is 259 g/mol. The number of rotatable bonds is 5. The highest BCUT2D eigenvalue weighted by Gasteiger charge is 2.23. The van der Waals surface area contributed by atoms with Crippen molar-refractivity contribution >= 4 is 18.0 Å². The Kier molecular flexibility index (Phi) is 4.34. The van der Waals surface area contributed by atoms with E-state index in [0.717, 1.165) is 24.0 Å². The van der Waals surface area contributed by atoms with Gasteiger partial charge in [-0.2, -0.15) is 0 Å². The number of nitrogens with one attached hydrogen (secondary N) is 1. The molecule has 1 aliphatic carbocycles. The van der Waals surface area contributed by atoms with E-state index in [1.807, 2.05) is 31.2 Å². The van der Waals surface area contributed by atoms with Gasteiger partial charge in [0.05, 0.1) is 0 Å². The number of carbonyl (C=O) groups excluding carboxylic acids is 2. The number of aryl methyl sites for hydroxylation is 1. The van der Waals surface area contributed by atoms with Crippen LogP contribution in [0.3, 0.4) is 0 Å². The molecule has 0 aliphatic heterocycles. The average Bonchev–Trinajstić information content (AvgIpc) is 3.18. The lowest BCUT2D eigenvalue weighted by atomic mass is 10.1. The molecule has 100 valence electrons. The van der Waals surface area contributed by atoms with Gasteiger partial charge in [-0.15, -0.1) is 0 Å². The summed E-state index contributed by atoms with van der Waals surface area (Å²) in [5.74, 6) is -0.743. The third kappa shape index (κ3) is 4.95. The molecule has 1 fully saturated rings. The van der Waals surface area contributed by atoms with Crippen LogP contribution >= 0.6 is 0 Å². The summed E-state index contributed by atoms with van der Waals surface area (Å²) in [4.78, 5) is 22.7. The van der Waals surface area contributed by atoms with Crippen molar-refractivity contribution in [3.8, 4) is 0 Å². The Bertz CT molecular complexity index is 504. The van der Waals surface area contributed by atoms with Crippen LogP contribution in [0.2, 0.25) is 0 Å². The molecule has 1 saturated carbocycles. The number of benzene rings is 1. The van der Waals surface area contributed by atoms with Gasteiger partial charge in [0.25, 0.3) is 5.91 Å². The van der Waals surface area contributed by atoms with Gasteiger partial charge < -0.3 is 10.1 Å². The Balaban J connectivity index is 1.75. The van der Waals surface area contributed by atoms with E-state index >= 15 is 0 Å². The van der Waals surface area contributed by atoms with E-state index in [0.29, 0.717) is 0 Å². The van der Waals surface area contributed by atoms with Crippen LogP contribution in [0, 0.1) is 6.92 Å². The monoisotopic (exact) mass is 259 g/mol. The molecular formula is C15H17NO3. The van der Waals surface area contributed by atoms with E-state index in [4.69, 9.17) is 4.74 Å². The highest BCUT2D eigenvalue weighted by atomic mass is 16.5. The molecule has 4 nitrogen and oxygen atoms in total. The Labute approximate surface area is 112 Å². The minimum Gasteiger partial charge on any atom is -0.452 e. The third-order valence-corrected chi connectivity index (χ3v) is 2.74. The second-order valence-electron chi connectivity index (χ2n) is 4.70. The summed E-state index contributed by atoms with van der Waals surface area (Å²) in [5, 5.41) is 2.75. The van der Waals surface area contributed by atoms with Crippen LogP contribution in [-0.4, -0.2) is 24.5 Å². The first-order valence-corrected chi connectivity index (χ1v) is 6.34. The Morgan fingerprint density at radius 2 is 2.21 bits per heavy atom. The Hall–Kier alpha value is -2.10. The van der Waals surface area contributed by atoms with E-state index in [-0.39, 0.29) is 18.6 Å². The number of hydrogen-bond acceptors (Lipinski definition) is 3. The van der Waals surface area contributed by atoms with E-state index in [9.17, 15) is 9.59 Å². The highest BCUT2D eigenvalue weighted by Crippen LogP contribution is 2.18. The molecule has 4 heteroatoms.